The van der Waals surface area contributed by atoms with Crippen molar-refractivity contribution in [2.24, 2.45) is 0 Å². The molecule has 2 aromatic carbocycles. The fourth-order valence-corrected chi connectivity index (χ4v) is 2.31. The fourth-order valence-electron chi connectivity index (χ4n) is 1.45. The normalized spacial score (nSPS) is 10.3. The van der Waals surface area contributed by atoms with Gasteiger partial charge in [0, 0.05) is 15.1 Å². The van der Waals surface area contributed by atoms with Gasteiger partial charge in [-0.15, -0.1) is 0 Å². The summed E-state index contributed by atoms with van der Waals surface area (Å²) < 4.78 is 6.26. The lowest BCUT2D eigenvalue weighted by Crippen LogP contribution is -2.11. The quantitative estimate of drug-likeness (QED) is 0.716. The van der Waals surface area contributed by atoms with Crippen LogP contribution in [0.1, 0.15) is 10.4 Å². The van der Waals surface area contributed by atoms with Gasteiger partial charge < -0.3 is 4.74 Å². The van der Waals surface area contributed by atoms with E-state index in [-0.39, 0.29) is 12.4 Å². The van der Waals surface area contributed by atoms with Crippen molar-refractivity contribution in [1.29, 1.82) is 0 Å². The fraction of sp³-hybridized carbons (Fsp3) is 0.0714. The van der Waals surface area contributed by atoms with E-state index in [9.17, 15) is 4.79 Å². The summed E-state index contributed by atoms with van der Waals surface area (Å²) in [5.74, 6) is 0.350. The summed E-state index contributed by atoms with van der Waals surface area (Å²) in [6.07, 6.45) is 0. The number of rotatable bonds is 4. The minimum Gasteiger partial charge on any atom is -0.484 e. The van der Waals surface area contributed by atoms with Crippen LogP contribution < -0.4 is 4.74 Å². The molecule has 2 rings (SSSR count). The molecule has 2 aromatic rings. The van der Waals surface area contributed by atoms with Gasteiger partial charge in [-0.25, -0.2) is 0 Å². The topological polar surface area (TPSA) is 26.3 Å². The Balaban J connectivity index is 2.02. The molecular formula is C14H9BrCl2O2. The van der Waals surface area contributed by atoms with Crippen LogP contribution in [0.5, 0.6) is 5.75 Å². The molecule has 0 saturated heterocycles. The highest BCUT2D eigenvalue weighted by atomic mass is 79.9. The number of hydrogen-bond acceptors (Lipinski definition) is 2. The van der Waals surface area contributed by atoms with Crippen LogP contribution in [-0.4, -0.2) is 12.4 Å². The van der Waals surface area contributed by atoms with Crippen LogP contribution in [0.3, 0.4) is 0 Å². The van der Waals surface area contributed by atoms with Crippen molar-refractivity contribution in [1.82, 2.24) is 0 Å². The first-order chi connectivity index (χ1) is 9.06. The van der Waals surface area contributed by atoms with E-state index in [0.29, 0.717) is 21.4 Å². The van der Waals surface area contributed by atoms with Crippen LogP contribution in [0.2, 0.25) is 10.0 Å². The van der Waals surface area contributed by atoms with Crippen LogP contribution in [0, 0.1) is 0 Å². The molecule has 0 spiro atoms. The third-order valence-corrected chi connectivity index (χ3v) is 3.46. The number of benzene rings is 2. The van der Waals surface area contributed by atoms with Gasteiger partial charge in [0.05, 0.1) is 5.02 Å². The smallest absolute Gasteiger partial charge is 0.200 e. The summed E-state index contributed by atoms with van der Waals surface area (Å²) in [5.41, 5.74) is 0.553. The summed E-state index contributed by atoms with van der Waals surface area (Å²) in [5, 5.41) is 1.05. The van der Waals surface area contributed by atoms with E-state index >= 15 is 0 Å². The second-order valence-electron chi connectivity index (χ2n) is 3.79. The molecule has 0 aromatic heterocycles. The van der Waals surface area contributed by atoms with Gasteiger partial charge in [0.2, 0.25) is 0 Å². The van der Waals surface area contributed by atoms with E-state index in [2.05, 4.69) is 15.9 Å². The maximum atomic E-state index is 11.9. The highest BCUT2D eigenvalue weighted by Crippen LogP contribution is 2.27. The number of hydrogen-bond donors (Lipinski definition) is 0. The van der Waals surface area contributed by atoms with Gasteiger partial charge in [0.15, 0.2) is 12.4 Å². The number of carbonyl (C=O) groups excluding carboxylic acids is 1. The van der Waals surface area contributed by atoms with Gasteiger partial charge in [0.25, 0.3) is 0 Å². The Hall–Kier alpha value is -1.03. The van der Waals surface area contributed by atoms with E-state index in [1.165, 1.54) is 0 Å². The Morgan fingerprint density at radius 1 is 1.11 bits per heavy atom. The maximum Gasteiger partial charge on any atom is 0.200 e. The molecule has 98 valence electrons. The van der Waals surface area contributed by atoms with Crippen molar-refractivity contribution < 1.29 is 9.53 Å². The minimum absolute atomic E-state index is 0.0665. The molecule has 0 atom stereocenters. The average Bonchev–Trinajstić information content (AvgIpc) is 2.38. The summed E-state index contributed by atoms with van der Waals surface area (Å²) >= 11 is 15.1. The monoisotopic (exact) mass is 358 g/mol. The molecule has 5 heteroatoms. The molecule has 0 heterocycles. The largest absolute Gasteiger partial charge is 0.484 e. The highest BCUT2D eigenvalue weighted by Gasteiger charge is 2.08. The lowest BCUT2D eigenvalue weighted by Gasteiger charge is -2.07. The van der Waals surface area contributed by atoms with Gasteiger partial charge in [-0.3, -0.25) is 4.79 Å². The average molecular weight is 360 g/mol. The number of carbonyl (C=O) groups is 1. The molecule has 0 N–H and O–H groups in total. The number of ketones is 1. The summed E-state index contributed by atoms with van der Waals surface area (Å²) in [4.78, 5) is 11.9. The van der Waals surface area contributed by atoms with E-state index < -0.39 is 0 Å². The van der Waals surface area contributed by atoms with Crippen molar-refractivity contribution in [2.75, 3.05) is 6.61 Å². The van der Waals surface area contributed by atoms with Crippen LogP contribution in [-0.2, 0) is 0 Å². The molecule has 0 radical (unpaired) electrons. The standard InChI is InChI=1S/C14H9BrCl2O2/c15-10-3-6-14(12(17)7-10)19-8-13(18)9-1-4-11(16)5-2-9/h1-7H,8H2. The zero-order chi connectivity index (χ0) is 13.8. The Labute approximate surface area is 129 Å². The molecule has 19 heavy (non-hydrogen) atoms. The number of ether oxygens (including phenoxy) is 1. The second kappa shape index (κ2) is 6.42. The van der Waals surface area contributed by atoms with Crippen molar-refractivity contribution in [3.8, 4) is 5.75 Å². The molecule has 0 fully saturated rings. The van der Waals surface area contributed by atoms with Crippen LogP contribution in [0.15, 0.2) is 46.9 Å². The highest BCUT2D eigenvalue weighted by molar-refractivity contribution is 9.10. The predicted octanol–water partition coefficient (Wildman–Crippen LogP) is 5.02. The molecular weight excluding hydrogens is 351 g/mol. The maximum absolute atomic E-state index is 11.9. The lowest BCUT2D eigenvalue weighted by atomic mass is 10.1. The Morgan fingerprint density at radius 2 is 1.79 bits per heavy atom. The molecule has 0 aliphatic heterocycles. The molecule has 0 unspecified atom stereocenters. The lowest BCUT2D eigenvalue weighted by molar-refractivity contribution is 0.0921. The van der Waals surface area contributed by atoms with Gasteiger partial charge in [0.1, 0.15) is 5.75 Å². The zero-order valence-corrected chi connectivity index (χ0v) is 12.8. The van der Waals surface area contributed by atoms with Crippen molar-refractivity contribution in [2.45, 2.75) is 0 Å². The Kier molecular flexibility index (Phi) is 4.86. The third-order valence-electron chi connectivity index (χ3n) is 2.42. The van der Waals surface area contributed by atoms with Crippen LogP contribution in [0.4, 0.5) is 0 Å². The second-order valence-corrected chi connectivity index (χ2v) is 5.55. The third kappa shape index (κ3) is 3.96. The summed E-state index contributed by atoms with van der Waals surface area (Å²) in [6, 6.07) is 11.9. The van der Waals surface area contributed by atoms with Crippen molar-refractivity contribution in [3.63, 3.8) is 0 Å². The zero-order valence-electron chi connectivity index (χ0n) is 9.70. The molecule has 0 bridgehead atoms. The molecule has 0 amide bonds. The van der Waals surface area contributed by atoms with Gasteiger partial charge in [-0.1, -0.05) is 39.1 Å². The molecule has 0 aliphatic rings. The van der Waals surface area contributed by atoms with Gasteiger partial charge >= 0.3 is 0 Å². The van der Waals surface area contributed by atoms with E-state index in [1.54, 1.807) is 42.5 Å². The van der Waals surface area contributed by atoms with E-state index in [0.717, 1.165) is 4.47 Å². The predicted molar refractivity (Wildman–Crippen MR) is 80.4 cm³/mol. The Bertz CT molecular complexity index is 597. The van der Waals surface area contributed by atoms with Crippen LogP contribution in [0.25, 0.3) is 0 Å². The summed E-state index contributed by atoms with van der Waals surface area (Å²) in [6.45, 7) is -0.0665. The van der Waals surface area contributed by atoms with Crippen LogP contribution >= 0.6 is 39.1 Å². The van der Waals surface area contributed by atoms with E-state index in [4.69, 9.17) is 27.9 Å². The summed E-state index contributed by atoms with van der Waals surface area (Å²) in [7, 11) is 0. The Morgan fingerprint density at radius 3 is 2.42 bits per heavy atom. The SMILES string of the molecule is O=C(COc1ccc(Br)cc1Cl)c1ccc(Cl)cc1. The van der Waals surface area contributed by atoms with E-state index in [1.807, 2.05) is 0 Å². The molecule has 0 aliphatic carbocycles. The first kappa shape index (κ1) is 14.4. The minimum atomic E-state index is -0.129. The first-order valence-corrected chi connectivity index (χ1v) is 6.98. The number of Topliss-reactive ketones (excluding diaryl/α,β-unsaturated/α-hetero) is 1. The first-order valence-electron chi connectivity index (χ1n) is 5.43. The molecule has 0 saturated carbocycles. The van der Waals surface area contributed by atoms with Gasteiger partial charge in [-0.05, 0) is 42.5 Å². The molecule has 2 nitrogen and oxygen atoms in total. The van der Waals surface area contributed by atoms with Crippen molar-refractivity contribution in [3.05, 3.63) is 62.5 Å². The number of halogens is 3. The van der Waals surface area contributed by atoms with Crippen molar-refractivity contribution >= 4 is 44.9 Å². The van der Waals surface area contributed by atoms with Gasteiger partial charge in [-0.2, -0.15) is 0 Å².